The van der Waals surface area contributed by atoms with Crippen molar-refractivity contribution in [1.82, 2.24) is 24.6 Å². The number of aromatic nitrogens is 5. The van der Waals surface area contributed by atoms with E-state index in [1.807, 2.05) is 36.5 Å². The van der Waals surface area contributed by atoms with E-state index < -0.39 is 0 Å². The Labute approximate surface area is 149 Å². The fourth-order valence-electron chi connectivity index (χ4n) is 3.69. The Morgan fingerprint density at radius 2 is 2.00 bits per heavy atom. The van der Waals surface area contributed by atoms with Crippen molar-refractivity contribution in [2.45, 2.75) is 18.8 Å². The third-order valence-corrected chi connectivity index (χ3v) is 5.18. The van der Waals surface area contributed by atoms with Gasteiger partial charge < -0.3 is 4.90 Å². The van der Waals surface area contributed by atoms with Gasteiger partial charge in [-0.3, -0.25) is 4.40 Å². The molecule has 0 radical (unpaired) electrons. The predicted octanol–water partition coefficient (Wildman–Crippen LogP) is 3.64. The van der Waals surface area contributed by atoms with E-state index in [0.29, 0.717) is 10.9 Å². The molecule has 5 rings (SSSR count). The SMILES string of the molecule is Clc1ccc2nc3[nH]nc(C4CCN(c5ccccn5)CC4)n3c2c1. The number of fused-ring (bicyclic) bond motifs is 3. The molecule has 0 amide bonds. The molecule has 6 nitrogen and oxygen atoms in total. The van der Waals surface area contributed by atoms with Crippen molar-refractivity contribution in [1.29, 1.82) is 0 Å². The molecule has 0 bridgehead atoms. The summed E-state index contributed by atoms with van der Waals surface area (Å²) in [6.07, 6.45) is 3.92. The number of anilines is 1. The van der Waals surface area contributed by atoms with Crippen LogP contribution in [0.1, 0.15) is 24.6 Å². The van der Waals surface area contributed by atoms with Gasteiger partial charge in [0.25, 0.3) is 0 Å². The fraction of sp³-hybridized carbons (Fsp3) is 0.278. The van der Waals surface area contributed by atoms with E-state index in [0.717, 1.165) is 54.4 Å². The third kappa shape index (κ3) is 2.44. The van der Waals surface area contributed by atoms with Gasteiger partial charge in [0.05, 0.1) is 11.0 Å². The molecule has 0 spiro atoms. The largest absolute Gasteiger partial charge is 0.357 e. The van der Waals surface area contributed by atoms with Crippen molar-refractivity contribution >= 4 is 34.2 Å². The molecule has 0 atom stereocenters. The Hall–Kier alpha value is -2.60. The van der Waals surface area contributed by atoms with Crippen LogP contribution in [0.15, 0.2) is 42.6 Å². The number of benzene rings is 1. The highest BCUT2D eigenvalue weighted by atomic mass is 35.5. The number of pyridine rings is 1. The molecule has 1 fully saturated rings. The molecule has 1 aliphatic heterocycles. The van der Waals surface area contributed by atoms with Gasteiger partial charge in [0.2, 0.25) is 5.78 Å². The van der Waals surface area contributed by atoms with Gasteiger partial charge in [0, 0.05) is 30.2 Å². The van der Waals surface area contributed by atoms with Crippen LogP contribution < -0.4 is 4.90 Å². The maximum Gasteiger partial charge on any atom is 0.230 e. The first-order valence-corrected chi connectivity index (χ1v) is 8.85. The molecule has 25 heavy (non-hydrogen) atoms. The lowest BCUT2D eigenvalue weighted by Gasteiger charge is -2.32. The smallest absolute Gasteiger partial charge is 0.230 e. The predicted molar refractivity (Wildman–Crippen MR) is 98.3 cm³/mol. The second-order valence-electron chi connectivity index (χ2n) is 6.43. The van der Waals surface area contributed by atoms with E-state index in [2.05, 4.69) is 35.5 Å². The highest BCUT2D eigenvalue weighted by Gasteiger charge is 2.26. The minimum absolute atomic E-state index is 0.394. The zero-order valence-electron chi connectivity index (χ0n) is 13.6. The highest BCUT2D eigenvalue weighted by molar-refractivity contribution is 6.31. The maximum absolute atomic E-state index is 6.18. The standard InChI is InChI=1S/C18H17ClN6/c19-13-4-5-14-15(11-13)25-17(22-23-18(25)21-14)12-6-9-24(10-7-12)16-3-1-2-8-20-16/h1-5,8,11-12H,6-7,9-10H2,(H,21,23). The maximum atomic E-state index is 6.18. The number of rotatable bonds is 2. The van der Waals surface area contributed by atoms with Gasteiger partial charge in [0.15, 0.2) is 0 Å². The van der Waals surface area contributed by atoms with Gasteiger partial charge in [-0.25, -0.2) is 15.1 Å². The lowest BCUT2D eigenvalue weighted by molar-refractivity contribution is 0.481. The Bertz CT molecular complexity index is 1030. The summed E-state index contributed by atoms with van der Waals surface area (Å²) >= 11 is 6.18. The average molecular weight is 353 g/mol. The summed E-state index contributed by atoms with van der Waals surface area (Å²) in [6.45, 7) is 1.95. The summed E-state index contributed by atoms with van der Waals surface area (Å²) < 4.78 is 2.11. The zero-order valence-corrected chi connectivity index (χ0v) is 14.3. The van der Waals surface area contributed by atoms with Gasteiger partial charge in [-0.05, 0) is 43.2 Å². The molecule has 0 unspecified atom stereocenters. The second-order valence-corrected chi connectivity index (χ2v) is 6.87. The minimum Gasteiger partial charge on any atom is -0.357 e. The van der Waals surface area contributed by atoms with E-state index in [1.165, 1.54) is 0 Å². The van der Waals surface area contributed by atoms with E-state index in [9.17, 15) is 0 Å². The lowest BCUT2D eigenvalue weighted by atomic mass is 9.96. The van der Waals surface area contributed by atoms with Crippen molar-refractivity contribution in [3.05, 3.63) is 53.4 Å². The summed E-state index contributed by atoms with van der Waals surface area (Å²) in [6, 6.07) is 11.8. The van der Waals surface area contributed by atoms with E-state index in [-0.39, 0.29) is 0 Å². The number of imidazole rings is 1. The van der Waals surface area contributed by atoms with Gasteiger partial charge >= 0.3 is 0 Å². The molecule has 4 heterocycles. The van der Waals surface area contributed by atoms with Crippen LogP contribution >= 0.6 is 11.6 Å². The summed E-state index contributed by atoms with van der Waals surface area (Å²) in [5.41, 5.74) is 1.95. The minimum atomic E-state index is 0.394. The van der Waals surface area contributed by atoms with Crippen molar-refractivity contribution in [3.8, 4) is 0 Å². The van der Waals surface area contributed by atoms with Crippen LogP contribution in [0.2, 0.25) is 5.02 Å². The van der Waals surface area contributed by atoms with Crippen LogP contribution in [-0.2, 0) is 0 Å². The van der Waals surface area contributed by atoms with E-state index in [4.69, 9.17) is 11.6 Å². The Balaban J connectivity index is 1.46. The van der Waals surface area contributed by atoms with Crippen LogP contribution in [-0.4, -0.2) is 37.7 Å². The van der Waals surface area contributed by atoms with Gasteiger partial charge in [-0.15, -0.1) is 0 Å². The van der Waals surface area contributed by atoms with Gasteiger partial charge in [-0.2, -0.15) is 5.10 Å². The summed E-state index contributed by atoms with van der Waals surface area (Å²) in [5, 5.41) is 8.34. The number of H-pyrrole nitrogens is 1. The third-order valence-electron chi connectivity index (χ3n) is 4.95. The summed E-state index contributed by atoms with van der Waals surface area (Å²) in [5.74, 6) is 3.26. The molecule has 1 saturated heterocycles. The van der Waals surface area contributed by atoms with Crippen LogP contribution in [0.4, 0.5) is 5.82 Å². The van der Waals surface area contributed by atoms with Crippen LogP contribution in [0.3, 0.4) is 0 Å². The molecule has 1 N–H and O–H groups in total. The first kappa shape index (κ1) is 14.7. The van der Waals surface area contributed by atoms with Crippen molar-refractivity contribution < 1.29 is 0 Å². The number of hydrogen-bond acceptors (Lipinski definition) is 4. The van der Waals surface area contributed by atoms with Crippen molar-refractivity contribution in [2.24, 2.45) is 0 Å². The summed E-state index contributed by atoms with van der Waals surface area (Å²) in [7, 11) is 0. The number of piperidine rings is 1. The Kier molecular flexibility index (Phi) is 3.38. The number of aromatic amines is 1. The van der Waals surface area contributed by atoms with Crippen LogP contribution in [0.25, 0.3) is 16.8 Å². The Morgan fingerprint density at radius 1 is 1.12 bits per heavy atom. The molecule has 0 saturated carbocycles. The topological polar surface area (TPSA) is 62.1 Å². The monoisotopic (exact) mass is 352 g/mol. The van der Waals surface area contributed by atoms with Crippen molar-refractivity contribution in [3.63, 3.8) is 0 Å². The average Bonchev–Trinajstić information content (AvgIpc) is 3.22. The highest BCUT2D eigenvalue weighted by Crippen LogP contribution is 2.31. The molecule has 7 heteroatoms. The van der Waals surface area contributed by atoms with E-state index >= 15 is 0 Å². The fourth-order valence-corrected chi connectivity index (χ4v) is 3.86. The van der Waals surface area contributed by atoms with Crippen LogP contribution in [0.5, 0.6) is 0 Å². The van der Waals surface area contributed by atoms with Gasteiger partial charge in [0.1, 0.15) is 11.6 Å². The molecular weight excluding hydrogens is 336 g/mol. The first-order valence-electron chi connectivity index (χ1n) is 8.47. The molecule has 4 aromatic rings. The molecule has 3 aromatic heterocycles. The lowest BCUT2D eigenvalue weighted by Crippen LogP contribution is -2.33. The quantitative estimate of drug-likeness (QED) is 0.598. The molecule has 1 aliphatic rings. The molecule has 126 valence electrons. The number of nitrogens with one attached hydrogen (secondary N) is 1. The molecule has 1 aromatic carbocycles. The number of hydrogen-bond donors (Lipinski definition) is 1. The first-order chi connectivity index (χ1) is 12.3. The second kappa shape index (κ2) is 5.74. The normalized spacial score (nSPS) is 16.1. The number of nitrogens with zero attached hydrogens (tertiary/aromatic N) is 5. The number of halogens is 1. The summed E-state index contributed by atoms with van der Waals surface area (Å²) in [4.78, 5) is 11.4. The van der Waals surface area contributed by atoms with Gasteiger partial charge in [-0.1, -0.05) is 17.7 Å². The molecule has 0 aliphatic carbocycles. The van der Waals surface area contributed by atoms with E-state index in [1.54, 1.807) is 0 Å². The zero-order chi connectivity index (χ0) is 16.8. The van der Waals surface area contributed by atoms with Crippen LogP contribution in [0, 0.1) is 0 Å². The molecular formula is C18H17ClN6. The van der Waals surface area contributed by atoms with Crippen molar-refractivity contribution in [2.75, 3.05) is 18.0 Å². The Morgan fingerprint density at radius 3 is 2.80 bits per heavy atom.